The minimum atomic E-state index is -0.469. The quantitative estimate of drug-likeness (QED) is 0.565. The van der Waals surface area contributed by atoms with E-state index in [0.29, 0.717) is 18.7 Å². The lowest BCUT2D eigenvalue weighted by Gasteiger charge is -2.18. The van der Waals surface area contributed by atoms with Crippen LogP contribution < -0.4 is 10.1 Å². The largest absolute Gasteiger partial charge is 0.496 e. The number of ether oxygens (including phenoxy) is 1. The lowest BCUT2D eigenvalue weighted by atomic mass is 10.1. The van der Waals surface area contributed by atoms with Crippen LogP contribution in [0.15, 0.2) is 36.4 Å². The van der Waals surface area contributed by atoms with Crippen LogP contribution in [-0.2, 0) is 11.3 Å². The number of rotatable bonds is 8. The molecule has 2 rings (SSSR count). The summed E-state index contributed by atoms with van der Waals surface area (Å²) in [6.45, 7) is 5.37. The van der Waals surface area contributed by atoms with E-state index in [1.807, 2.05) is 20.9 Å². The number of anilines is 1. The molecule has 1 amide bonds. The molecule has 0 bridgehead atoms. The smallest absolute Gasteiger partial charge is 0.269 e. The monoisotopic (exact) mass is 371 g/mol. The number of benzene rings is 2. The fourth-order valence-corrected chi connectivity index (χ4v) is 3.03. The zero-order valence-electron chi connectivity index (χ0n) is 16.1. The number of hydrogen-bond donors (Lipinski definition) is 1. The van der Waals surface area contributed by atoms with E-state index in [1.54, 1.807) is 7.11 Å². The van der Waals surface area contributed by atoms with Crippen LogP contribution >= 0.6 is 0 Å². The minimum Gasteiger partial charge on any atom is -0.496 e. The Labute approximate surface area is 159 Å². The molecule has 144 valence electrons. The Balaban J connectivity index is 1.85. The molecule has 0 spiro atoms. The average Bonchev–Trinajstić information content (AvgIpc) is 2.60. The van der Waals surface area contributed by atoms with E-state index >= 15 is 0 Å². The van der Waals surface area contributed by atoms with Gasteiger partial charge in [0.25, 0.3) is 5.69 Å². The van der Waals surface area contributed by atoms with Gasteiger partial charge in [0.05, 0.1) is 12.0 Å². The molecule has 0 unspecified atom stereocenters. The number of nitro groups is 1. The molecular formula is C20H25N3O4. The first kappa shape index (κ1) is 20.4. The van der Waals surface area contributed by atoms with Crippen molar-refractivity contribution >= 4 is 17.3 Å². The van der Waals surface area contributed by atoms with Gasteiger partial charge >= 0.3 is 0 Å². The summed E-state index contributed by atoms with van der Waals surface area (Å²) in [5.74, 6) is 0.779. The Morgan fingerprint density at radius 1 is 1.19 bits per heavy atom. The number of aryl methyl sites for hydroxylation is 2. The summed E-state index contributed by atoms with van der Waals surface area (Å²) in [5.41, 5.74) is 3.91. The van der Waals surface area contributed by atoms with E-state index < -0.39 is 4.92 Å². The van der Waals surface area contributed by atoms with Crippen molar-refractivity contribution in [1.82, 2.24) is 4.90 Å². The molecule has 0 aliphatic rings. The molecular weight excluding hydrogens is 346 g/mol. The lowest BCUT2D eigenvalue weighted by molar-refractivity contribution is -0.384. The van der Waals surface area contributed by atoms with Crippen molar-refractivity contribution in [3.05, 3.63) is 63.2 Å². The summed E-state index contributed by atoms with van der Waals surface area (Å²) in [5, 5.41) is 13.4. The molecule has 27 heavy (non-hydrogen) atoms. The molecule has 7 heteroatoms. The zero-order chi connectivity index (χ0) is 20.0. The Bertz CT molecular complexity index is 795. The SMILES string of the molecule is COc1c(C)cc(CN(C)CCC(=O)Nc2ccc([N+](=O)[O-])cc2)cc1C. The molecule has 0 aliphatic heterocycles. The molecule has 0 atom stereocenters. The molecule has 0 saturated carbocycles. The predicted molar refractivity (Wildman–Crippen MR) is 105 cm³/mol. The molecule has 0 radical (unpaired) electrons. The molecule has 2 aromatic carbocycles. The summed E-state index contributed by atoms with van der Waals surface area (Å²) in [6, 6.07) is 10.00. The highest BCUT2D eigenvalue weighted by atomic mass is 16.6. The van der Waals surface area contributed by atoms with Crippen LogP contribution in [0, 0.1) is 24.0 Å². The molecule has 0 saturated heterocycles. The van der Waals surface area contributed by atoms with Crippen molar-refractivity contribution in [3.8, 4) is 5.75 Å². The summed E-state index contributed by atoms with van der Waals surface area (Å²) >= 11 is 0. The summed E-state index contributed by atoms with van der Waals surface area (Å²) in [6.07, 6.45) is 0.335. The van der Waals surface area contributed by atoms with Crippen LogP contribution in [0.1, 0.15) is 23.1 Å². The summed E-state index contributed by atoms with van der Waals surface area (Å²) in [4.78, 5) is 24.3. The maximum Gasteiger partial charge on any atom is 0.269 e. The third kappa shape index (κ3) is 5.79. The number of methoxy groups -OCH3 is 1. The van der Waals surface area contributed by atoms with E-state index in [1.165, 1.54) is 29.8 Å². The highest BCUT2D eigenvalue weighted by Gasteiger charge is 2.10. The molecule has 7 nitrogen and oxygen atoms in total. The van der Waals surface area contributed by atoms with Gasteiger partial charge in [-0.15, -0.1) is 0 Å². The number of carbonyl (C=O) groups excluding carboxylic acids is 1. The van der Waals surface area contributed by atoms with E-state index in [2.05, 4.69) is 22.3 Å². The third-order valence-electron chi connectivity index (χ3n) is 4.26. The first-order chi connectivity index (χ1) is 12.8. The second-order valence-corrected chi connectivity index (χ2v) is 6.60. The van der Waals surface area contributed by atoms with Gasteiger partial charge in [-0.05, 0) is 49.7 Å². The maximum atomic E-state index is 12.1. The van der Waals surface area contributed by atoms with Crippen molar-refractivity contribution in [2.45, 2.75) is 26.8 Å². The van der Waals surface area contributed by atoms with Crippen LogP contribution in [0.2, 0.25) is 0 Å². The van der Waals surface area contributed by atoms with Gasteiger partial charge in [-0.2, -0.15) is 0 Å². The molecule has 2 aromatic rings. The Hall–Kier alpha value is -2.93. The first-order valence-corrected chi connectivity index (χ1v) is 8.67. The Morgan fingerprint density at radius 3 is 2.30 bits per heavy atom. The minimum absolute atomic E-state index is 0.00203. The summed E-state index contributed by atoms with van der Waals surface area (Å²) < 4.78 is 5.39. The molecule has 0 heterocycles. The zero-order valence-corrected chi connectivity index (χ0v) is 16.1. The van der Waals surface area contributed by atoms with E-state index in [9.17, 15) is 14.9 Å². The lowest BCUT2D eigenvalue weighted by Crippen LogP contribution is -2.24. The number of nitrogens with one attached hydrogen (secondary N) is 1. The maximum absolute atomic E-state index is 12.1. The van der Waals surface area contributed by atoms with Gasteiger partial charge in [0.2, 0.25) is 5.91 Å². The highest BCUT2D eigenvalue weighted by Crippen LogP contribution is 2.24. The van der Waals surface area contributed by atoms with Crippen LogP contribution in [0.5, 0.6) is 5.75 Å². The molecule has 1 N–H and O–H groups in total. The van der Waals surface area contributed by atoms with E-state index in [4.69, 9.17) is 4.74 Å². The normalized spacial score (nSPS) is 10.7. The van der Waals surface area contributed by atoms with Gasteiger partial charge in [-0.1, -0.05) is 12.1 Å². The Kier molecular flexibility index (Phi) is 6.90. The van der Waals surface area contributed by atoms with Crippen molar-refractivity contribution in [2.75, 3.05) is 26.0 Å². The van der Waals surface area contributed by atoms with Gasteiger partial charge in [0, 0.05) is 37.3 Å². The number of nitrogens with zero attached hydrogens (tertiary/aromatic N) is 2. The van der Waals surface area contributed by atoms with Crippen LogP contribution in [-0.4, -0.2) is 36.4 Å². The van der Waals surface area contributed by atoms with Gasteiger partial charge in [-0.25, -0.2) is 0 Å². The van der Waals surface area contributed by atoms with Gasteiger partial charge in [0.1, 0.15) is 5.75 Å². The highest BCUT2D eigenvalue weighted by molar-refractivity contribution is 5.90. The van der Waals surface area contributed by atoms with Crippen LogP contribution in [0.25, 0.3) is 0 Å². The van der Waals surface area contributed by atoms with Crippen molar-refractivity contribution < 1.29 is 14.5 Å². The van der Waals surface area contributed by atoms with Crippen LogP contribution in [0.4, 0.5) is 11.4 Å². The standard InChI is InChI=1S/C20H25N3O4/c1-14-11-16(12-15(2)20(14)27-4)13-22(3)10-9-19(24)21-17-5-7-18(8-6-17)23(25)26/h5-8,11-12H,9-10,13H2,1-4H3,(H,21,24). The molecule has 0 aromatic heterocycles. The van der Waals surface area contributed by atoms with Crippen LogP contribution in [0.3, 0.4) is 0 Å². The third-order valence-corrected chi connectivity index (χ3v) is 4.26. The van der Waals surface area contributed by atoms with Crippen molar-refractivity contribution in [2.24, 2.45) is 0 Å². The average molecular weight is 371 g/mol. The number of amides is 1. The second kappa shape index (κ2) is 9.14. The topological polar surface area (TPSA) is 84.7 Å². The van der Waals surface area contributed by atoms with Gasteiger partial charge < -0.3 is 15.0 Å². The predicted octanol–water partition coefficient (Wildman–Crippen LogP) is 3.68. The molecule has 0 fully saturated rings. The van der Waals surface area contributed by atoms with E-state index in [-0.39, 0.29) is 11.6 Å². The Morgan fingerprint density at radius 2 is 1.78 bits per heavy atom. The van der Waals surface area contributed by atoms with Crippen molar-refractivity contribution in [1.29, 1.82) is 0 Å². The van der Waals surface area contributed by atoms with Gasteiger partial charge in [0.15, 0.2) is 0 Å². The fraction of sp³-hybridized carbons (Fsp3) is 0.350. The second-order valence-electron chi connectivity index (χ2n) is 6.60. The number of non-ortho nitro benzene ring substituents is 1. The fourth-order valence-electron chi connectivity index (χ4n) is 3.03. The number of nitro benzene ring substituents is 1. The van der Waals surface area contributed by atoms with Crippen molar-refractivity contribution in [3.63, 3.8) is 0 Å². The number of carbonyl (C=O) groups is 1. The van der Waals surface area contributed by atoms with Gasteiger partial charge in [-0.3, -0.25) is 14.9 Å². The number of hydrogen-bond acceptors (Lipinski definition) is 5. The first-order valence-electron chi connectivity index (χ1n) is 8.67. The molecule has 0 aliphatic carbocycles. The summed E-state index contributed by atoms with van der Waals surface area (Å²) in [7, 11) is 3.64. The van der Waals surface area contributed by atoms with E-state index in [0.717, 1.165) is 23.4 Å².